The lowest BCUT2D eigenvalue weighted by Gasteiger charge is -2.58. The molecule has 0 radical (unpaired) electrons. The smallest absolute Gasteiger partial charge is 0.137 e. The molecule has 4 atom stereocenters. The van der Waals surface area contributed by atoms with Crippen molar-refractivity contribution in [2.75, 3.05) is 4.90 Å². The number of para-hydroxylation sites is 1. The van der Waals surface area contributed by atoms with Crippen LogP contribution in [0, 0.1) is 35.5 Å². The fraction of sp³-hybridized carbons (Fsp3) is 0.483. The van der Waals surface area contributed by atoms with E-state index in [0.29, 0.717) is 11.3 Å². The number of nitrogens with zero attached hydrogens (tertiary/aromatic N) is 1. The minimum atomic E-state index is 0.279. The molecule has 0 saturated heterocycles. The van der Waals surface area contributed by atoms with Crippen molar-refractivity contribution in [3.63, 3.8) is 0 Å². The number of anilines is 3. The molecule has 7 fully saturated rings. The highest BCUT2D eigenvalue weighted by atomic mass is 16.3. The van der Waals surface area contributed by atoms with Gasteiger partial charge in [-0.25, -0.2) is 0 Å². The first-order valence-electron chi connectivity index (χ1n) is 24.5. The molecule has 2 heteroatoms. The third-order valence-electron chi connectivity index (χ3n) is 17.6. The van der Waals surface area contributed by atoms with Gasteiger partial charge >= 0.3 is 0 Å². The normalized spacial score (nSPS) is 31.2. The minimum absolute atomic E-state index is 0.279. The van der Waals surface area contributed by atoms with E-state index in [-0.39, 0.29) is 5.41 Å². The Balaban J connectivity index is 0.994. The van der Waals surface area contributed by atoms with Gasteiger partial charge in [0.05, 0.1) is 0 Å². The molecule has 5 aromatic carbocycles. The van der Waals surface area contributed by atoms with Gasteiger partial charge in [0, 0.05) is 33.9 Å². The summed E-state index contributed by atoms with van der Waals surface area (Å²) >= 11 is 0. The summed E-state index contributed by atoms with van der Waals surface area (Å²) in [6.45, 7) is 5.04. The second-order valence-corrected chi connectivity index (χ2v) is 21.6. The van der Waals surface area contributed by atoms with Crippen molar-refractivity contribution < 1.29 is 4.42 Å². The fourth-order valence-electron chi connectivity index (χ4n) is 15.7. The van der Waals surface area contributed by atoms with Crippen molar-refractivity contribution in [3.05, 3.63) is 126 Å². The highest BCUT2D eigenvalue weighted by Gasteiger charge is 2.54. The van der Waals surface area contributed by atoms with Crippen LogP contribution in [0.25, 0.3) is 33.1 Å². The van der Waals surface area contributed by atoms with Gasteiger partial charge in [0.2, 0.25) is 0 Å². The van der Waals surface area contributed by atoms with Crippen molar-refractivity contribution in [1.29, 1.82) is 0 Å². The largest absolute Gasteiger partial charge is 0.456 e. The van der Waals surface area contributed by atoms with Crippen LogP contribution in [0.3, 0.4) is 0 Å². The molecule has 0 spiro atoms. The summed E-state index contributed by atoms with van der Waals surface area (Å²) in [4.78, 5) is 2.48. The highest BCUT2D eigenvalue weighted by Crippen LogP contribution is 2.64. The number of fused-ring (bicyclic) bond motifs is 5. The summed E-state index contributed by atoms with van der Waals surface area (Å²) in [6, 6.07) is 42.7. The molecule has 60 heavy (non-hydrogen) atoms. The van der Waals surface area contributed by atoms with Crippen molar-refractivity contribution >= 4 is 39.0 Å². The molecular weight excluding hydrogens is 727 g/mol. The molecule has 0 amide bonds. The molecule has 1 aromatic heterocycles. The summed E-state index contributed by atoms with van der Waals surface area (Å²) in [5.74, 6) is 5.97. The molecule has 6 aromatic rings. The summed E-state index contributed by atoms with van der Waals surface area (Å²) in [5.41, 5.74) is 14.1. The van der Waals surface area contributed by atoms with E-state index in [4.69, 9.17) is 4.42 Å². The molecule has 7 aliphatic rings. The molecule has 2 nitrogen and oxygen atoms in total. The van der Waals surface area contributed by atoms with Gasteiger partial charge in [0.1, 0.15) is 11.2 Å². The number of hydrogen-bond acceptors (Lipinski definition) is 2. The topological polar surface area (TPSA) is 16.4 Å². The standard InChI is InChI=1S/C58H65NO/c1-3-39-27-40-26-38(2)32-57(33-39,34-40)52-13-9-14-53(58-35-41-28-42(36-58)30-43(29-41)37-58)56(52)46-18-22-48(23-19-46)59(47-20-16-45(17-21-47)44-10-5-4-6-11-44)49-24-25-51-50-12-7-8-15-54(50)60-55(51)31-49/h7-9,12-25,31,38-44H,3-6,10-11,26-30,32-37H2,1-2H3. The van der Waals surface area contributed by atoms with E-state index < -0.39 is 0 Å². The molecule has 7 saturated carbocycles. The zero-order valence-corrected chi connectivity index (χ0v) is 36.3. The molecule has 308 valence electrons. The molecule has 4 unspecified atom stereocenters. The third kappa shape index (κ3) is 6.31. The monoisotopic (exact) mass is 792 g/mol. The maximum absolute atomic E-state index is 6.50. The average Bonchev–Trinajstić information content (AvgIpc) is 3.64. The van der Waals surface area contributed by atoms with Gasteiger partial charge in [-0.1, -0.05) is 100 Å². The van der Waals surface area contributed by atoms with Crippen LogP contribution in [0.4, 0.5) is 17.1 Å². The van der Waals surface area contributed by atoms with Crippen LogP contribution >= 0.6 is 0 Å². The Hall–Kier alpha value is -4.30. The minimum Gasteiger partial charge on any atom is -0.456 e. The zero-order chi connectivity index (χ0) is 40.0. The Bertz CT molecular complexity index is 2480. The Labute approximate surface area is 359 Å². The van der Waals surface area contributed by atoms with Gasteiger partial charge in [-0.3, -0.25) is 0 Å². The van der Waals surface area contributed by atoms with Crippen molar-refractivity contribution in [2.45, 2.75) is 140 Å². The van der Waals surface area contributed by atoms with E-state index in [1.54, 1.807) is 16.7 Å². The second-order valence-electron chi connectivity index (χ2n) is 21.6. The van der Waals surface area contributed by atoms with Crippen molar-refractivity contribution in [2.24, 2.45) is 35.5 Å². The molecule has 13 rings (SSSR count). The van der Waals surface area contributed by atoms with Gasteiger partial charge in [-0.15, -0.1) is 0 Å². The van der Waals surface area contributed by atoms with Crippen LogP contribution in [-0.4, -0.2) is 0 Å². The van der Waals surface area contributed by atoms with Gasteiger partial charge < -0.3 is 9.32 Å². The fourth-order valence-corrected chi connectivity index (χ4v) is 15.7. The van der Waals surface area contributed by atoms with Gasteiger partial charge in [-0.2, -0.15) is 0 Å². The lowest BCUT2D eigenvalue weighted by molar-refractivity contribution is -0.00507. The van der Waals surface area contributed by atoms with Gasteiger partial charge in [0.15, 0.2) is 0 Å². The second kappa shape index (κ2) is 14.7. The van der Waals surface area contributed by atoms with Crippen molar-refractivity contribution in [1.82, 2.24) is 0 Å². The number of benzene rings is 5. The van der Waals surface area contributed by atoms with E-state index in [1.807, 2.05) is 0 Å². The lowest BCUT2D eigenvalue weighted by Crippen LogP contribution is -2.49. The maximum atomic E-state index is 6.50. The Morgan fingerprint density at radius 2 is 1.15 bits per heavy atom. The average molecular weight is 792 g/mol. The quantitative estimate of drug-likeness (QED) is 0.153. The molecule has 1 heterocycles. The maximum Gasteiger partial charge on any atom is 0.137 e. The number of hydrogen-bond donors (Lipinski definition) is 0. The van der Waals surface area contributed by atoms with Crippen LogP contribution in [0.5, 0.6) is 0 Å². The molecule has 7 aliphatic carbocycles. The van der Waals surface area contributed by atoms with Crippen LogP contribution in [0.2, 0.25) is 0 Å². The summed E-state index contributed by atoms with van der Waals surface area (Å²) in [6.07, 6.45) is 23.7. The highest BCUT2D eigenvalue weighted by molar-refractivity contribution is 6.06. The zero-order valence-electron chi connectivity index (χ0n) is 36.3. The first kappa shape index (κ1) is 37.5. The number of rotatable bonds is 8. The third-order valence-corrected chi connectivity index (χ3v) is 17.6. The van der Waals surface area contributed by atoms with Crippen LogP contribution in [0.1, 0.15) is 146 Å². The first-order chi connectivity index (χ1) is 29.4. The van der Waals surface area contributed by atoms with E-state index in [1.165, 1.54) is 142 Å². The number of furan rings is 1. The Kier molecular flexibility index (Phi) is 9.16. The van der Waals surface area contributed by atoms with E-state index in [0.717, 1.165) is 52.4 Å². The van der Waals surface area contributed by atoms with Crippen LogP contribution in [0.15, 0.2) is 114 Å². The van der Waals surface area contributed by atoms with E-state index in [2.05, 4.69) is 128 Å². The lowest BCUT2D eigenvalue weighted by atomic mass is 9.47. The summed E-state index contributed by atoms with van der Waals surface area (Å²) < 4.78 is 6.50. The molecule has 6 bridgehead atoms. The Morgan fingerprint density at radius 1 is 0.550 bits per heavy atom. The van der Waals surface area contributed by atoms with Gasteiger partial charge in [-0.05, 0) is 206 Å². The molecular formula is C58H65NO. The molecule has 0 aliphatic heterocycles. The van der Waals surface area contributed by atoms with E-state index >= 15 is 0 Å². The first-order valence-corrected chi connectivity index (χ1v) is 24.5. The van der Waals surface area contributed by atoms with E-state index in [9.17, 15) is 0 Å². The predicted octanol–water partition coefficient (Wildman–Crippen LogP) is 16.7. The van der Waals surface area contributed by atoms with Gasteiger partial charge in [0.25, 0.3) is 0 Å². The summed E-state index contributed by atoms with van der Waals surface area (Å²) in [5, 5.41) is 2.36. The predicted molar refractivity (Wildman–Crippen MR) is 251 cm³/mol. The van der Waals surface area contributed by atoms with Crippen LogP contribution in [-0.2, 0) is 10.8 Å². The van der Waals surface area contributed by atoms with Crippen molar-refractivity contribution in [3.8, 4) is 11.1 Å². The Morgan fingerprint density at radius 3 is 1.83 bits per heavy atom. The van der Waals surface area contributed by atoms with Crippen LogP contribution < -0.4 is 4.90 Å². The summed E-state index contributed by atoms with van der Waals surface area (Å²) in [7, 11) is 0. The SMILES string of the molecule is CCC1CC2CC(C)CC(c3cccc(C45CC6CC(CC(C6)C4)C5)c3-c3ccc(N(c4ccc(C5CCCCC5)cc4)c4ccc5c(c4)oc4ccccc45)cc3)(C1)C2. The molecule has 0 N–H and O–H groups in total.